The summed E-state index contributed by atoms with van der Waals surface area (Å²) < 4.78 is 5.22. The fourth-order valence-electron chi connectivity index (χ4n) is 1.93. The van der Waals surface area contributed by atoms with E-state index >= 15 is 0 Å². The van der Waals surface area contributed by atoms with E-state index in [1.165, 1.54) is 5.39 Å². The molecule has 0 saturated carbocycles. The number of nitrogens with zero attached hydrogens (tertiary/aromatic N) is 1. The van der Waals surface area contributed by atoms with E-state index in [1.807, 2.05) is 18.2 Å². The van der Waals surface area contributed by atoms with Crippen LogP contribution in [-0.2, 0) is 6.42 Å². The van der Waals surface area contributed by atoms with Gasteiger partial charge in [-0.15, -0.1) is 0 Å². The standard InChI is InChI=1S/C15H18NO2/c1-11(16(2)17)8-12-4-5-13-6-7-15(18-3)10-14(13)9-12/h4-7,9-11,17H,1,8H2,2-3H3. The lowest BCUT2D eigenvalue weighted by molar-refractivity contribution is -0.0885. The van der Waals surface area contributed by atoms with Gasteiger partial charge < -0.3 is 9.94 Å². The normalized spacial score (nSPS) is 12.9. The monoisotopic (exact) mass is 244 g/mol. The molecule has 3 heteroatoms. The molecule has 0 aliphatic rings. The van der Waals surface area contributed by atoms with Gasteiger partial charge in [0.15, 0.2) is 0 Å². The van der Waals surface area contributed by atoms with Gasteiger partial charge >= 0.3 is 0 Å². The lowest BCUT2D eigenvalue weighted by Gasteiger charge is -2.17. The Morgan fingerprint density at radius 2 is 1.94 bits per heavy atom. The van der Waals surface area contributed by atoms with Gasteiger partial charge in [0, 0.05) is 13.1 Å². The van der Waals surface area contributed by atoms with Crippen LogP contribution in [0.2, 0.25) is 0 Å². The molecule has 95 valence electrons. The van der Waals surface area contributed by atoms with E-state index in [9.17, 15) is 5.21 Å². The van der Waals surface area contributed by atoms with Crippen LogP contribution in [0.3, 0.4) is 0 Å². The van der Waals surface area contributed by atoms with Crippen molar-refractivity contribution in [3.63, 3.8) is 0 Å². The predicted octanol–water partition coefficient (Wildman–Crippen LogP) is 2.91. The second-order valence-electron chi connectivity index (χ2n) is 4.48. The first-order valence-corrected chi connectivity index (χ1v) is 5.91. The number of likely N-dealkylation sites (N-methyl/N-ethyl adjacent to an activating group) is 1. The molecule has 0 fully saturated rings. The molecule has 1 atom stereocenters. The summed E-state index contributed by atoms with van der Waals surface area (Å²) in [5.41, 5.74) is 1.15. The fourth-order valence-corrected chi connectivity index (χ4v) is 1.93. The highest BCUT2D eigenvalue weighted by molar-refractivity contribution is 5.84. The van der Waals surface area contributed by atoms with Gasteiger partial charge in [-0.3, -0.25) is 0 Å². The molecule has 2 rings (SSSR count). The SMILES string of the molecule is [CH2]C(Cc1ccc2ccc(OC)cc2c1)N(C)O. The minimum Gasteiger partial charge on any atom is -0.497 e. The molecular weight excluding hydrogens is 226 g/mol. The molecule has 0 spiro atoms. The van der Waals surface area contributed by atoms with E-state index in [1.54, 1.807) is 14.2 Å². The Kier molecular flexibility index (Phi) is 3.84. The number of ether oxygens (including phenoxy) is 1. The highest BCUT2D eigenvalue weighted by Crippen LogP contribution is 2.22. The van der Waals surface area contributed by atoms with Crippen LogP contribution in [0.25, 0.3) is 10.8 Å². The number of rotatable bonds is 4. The minimum absolute atomic E-state index is 0.145. The van der Waals surface area contributed by atoms with Crippen molar-refractivity contribution in [2.75, 3.05) is 14.2 Å². The van der Waals surface area contributed by atoms with Crippen LogP contribution in [0.1, 0.15) is 5.56 Å². The van der Waals surface area contributed by atoms with Gasteiger partial charge in [0.05, 0.1) is 7.11 Å². The number of hydrogen-bond acceptors (Lipinski definition) is 3. The first kappa shape index (κ1) is 12.9. The van der Waals surface area contributed by atoms with Crippen LogP contribution in [0.4, 0.5) is 0 Å². The van der Waals surface area contributed by atoms with Crippen LogP contribution in [-0.4, -0.2) is 30.5 Å². The molecule has 0 heterocycles. The molecule has 1 unspecified atom stereocenters. The zero-order chi connectivity index (χ0) is 13.1. The third-order valence-electron chi connectivity index (χ3n) is 3.11. The summed E-state index contributed by atoms with van der Waals surface area (Å²) in [6.07, 6.45) is 0.708. The Labute approximate surface area is 108 Å². The summed E-state index contributed by atoms with van der Waals surface area (Å²) in [7, 11) is 3.28. The van der Waals surface area contributed by atoms with Gasteiger partial charge in [-0.1, -0.05) is 24.3 Å². The number of fused-ring (bicyclic) bond motifs is 1. The van der Waals surface area contributed by atoms with Crippen molar-refractivity contribution >= 4 is 10.8 Å². The summed E-state index contributed by atoms with van der Waals surface area (Å²) in [6.45, 7) is 3.90. The van der Waals surface area contributed by atoms with E-state index < -0.39 is 0 Å². The van der Waals surface area contributed by atoms with Gasteiger partial charge in [0.1, 0.15) is 5.75 Å². The molecule has 2 aromatic rings. The first-order chi connectivity index (χ1) is 8.60. The van der Waals surface area contributed by atoms with Crippen LogP contribution >= 0.6 is 0 Å². The molecule has 0 aliphatic heterocycles. The topological polar surface area (TPSA) is 32.7 Å². The number of hydrogen-bond donors (Lipinski definition) is 1. The van der Waals surface area contributed by atoms with Crippen LogP contribution in [0.15, 0.2) is 36.4 Å². The summed E-state index contributed by atoms with van der Waals surface area (Å²) in [4.78, 5) is 0. The van der Waals surface area contributed by atoms with Crippen molar-refractivity contribution in [1.29, 1.82) is 0 Å². The molecule has 18 heavy (non-hydrogen) atoms. The molecule has 1 radical (unpaired) electrons. The van der Waals surface area contributed by atoms with Crippen molar-refractivity contribution in [3.8, 4) is 5.75 Å². The summed E-state index contributed by atoms with van der Waals surface area (Å²) in [6, 6.07) is 12.1. The Morgan fingerprint density at radius 1 is 1.22 bits per heavy atom. The molecule has 0 aliphatic carbocycles. The third kappa shape index (κ3) is 2.81. The average Bonchev–Trinajstić information content (AvgIpc) is 2.37. The second-order valence-corrected chi connectivity index (χ2v) is 4.48. The molecule has 0 bridgehead atoms. The minimum atomic E-state index is -0.145. The highest BCUT2D eigenvalue weighted by atomic mass is 16.5. The van der Waals surface area contributed by atoms with Crippen molar-refractivity contribution in [3.05, 3.63) is 48.9 Å². The summed E-state index contributed by atoms with van der Waals surface area (Å²) >= 11 is 0. The number of hydroxylamine groups is 2. The molecule has 1 N–H and O–H groups in total. The van der Waals surface area contributed by atoms with E-state index in [2.05, 4.69) is 25.1 Å². The summed E-state index contributed by atoms with van der Waals surface area (Å²) in [5.74, 6) is 0.852. The molecule has 0 aromatic heterocycles. The van der Waals surface area contributed by atoms with E-state index in [0.717, 1.165) is 21.8 Å². The van der Waals surface area contributed by atoms with Gasteiger partial charge in [0.2, 0.25) is 0 Å². The predicted molar refractivity (Wildman–Crippen MR) is 72.9 cm³/mol. The number of methoxy groups -OCH3 is 1. The van der Waals surface area contributed by atoms with E-state index in [0.29, 0.717) is 6.42 Å². The smallest absolute Gasteiger partial charge is 0.119 e. The molecule has 0 saturated heterocycles. The quantitative estimate of drug-likeness (QED) is 0.839. The third-order valence-corrected chi connectivity index (χ3v) is 3.11. The zero-order valence-electron chi connectivity index (χ0n) is 10.8. The van der Waals surface area contributed by atoms with Gasteiger partial charge in [-0.25, -0.2) is 0 Å². The van der Waals surface area contributed by atoms with Gasteiger partial charge in [-0.05, 0) is 41.8 Å². The van der Waals surface area contributed by atoms with Crippen LogP contribution < -0.4 is 4.74 Å². The second kappa shape index (κ2) is 5.38. The number of benzene rings is 2. The van der Waals surface area contributed by atoms with Crippen molar-refractivity contribution < 1.29 is 9.94 Å². The zero-order valence-corrected chi connectivity index (χ0v) is 10.8. The van der Waals surface area contributed by atoms with Gasteiger partial charge in [-0.2, -0.15) is 5.06 Å². The Hall–Kier alpha value is -1.58. The van der Waals surface area contributed by atoms with Crippen LogP contribution in [0, 0.1) is 6.92 Å². The van der Waals surface area contributed by atoms with Crippen LogP contribution in [0.5, 0.6) is 5.75 Å². The molecule has 2 aromatic carbocycles. The highest BCUT2D eigenvalue weighted by Gasteiger charge is 2.08. The fraction of sp³-hybridized carbons (Fsp3) is 0.267. The van der Waals surface area contributed by atoms with E-state index in [-0.39, 0.29) is 6.04 Å². The van der Waals surface area contributed by atoms with Gasteiger partial charge in [0.25, 0.3) is 0 Å². The molecule has 3 nitrogen and oxygen atoms in total. The Balaban J connectivity index is 2.30. The van der Waals surface area contributed by atoms with Crippen molar-refractivity contribution in [2.45, 2.75) is 12.5 Å². The molecule has 0 amide bonds. The Bertz CT molecular complexity index is 537. The maximum Gasteiger partial charge on any atom is 0.119 e. The average molecular weight is 244 g/mol. The lowest BCUT2D eigenvalue weighted by atomic mass is 10.0. The largest absolute Gasteiger partial charge is 0.497 e. The van der Waals surface area contributed by atoms with E-state index in [4.69, 9.17) is 4.74 Å². The van der Waals surface area contributed by atoms with Crippen molar-refractivity contribution in [1.82, 2.24) is 5.06 Å². The molecular formula is C15H18NO2. The summed E-state index contributed by atoms with van der Waals surface area (Å²) in [5, 5.41) is 12.8. The maximum absolute atomic E-state index is 9.33. The first-order valence-electron chi connectivity index (χ1n) is 5.91. The maximum atomic E-state index is 9.33. The van der Waals surface area contributed by atoms with Crippen molar-refractivity contribution in [2.24, 2.45) is 0 Å². The Morgan fingerprint density at radius 3 is 2.61 bits per heavy atom. The lowest BCUT2D eigenvalue weighted by Crippen LogP contribution is -2.27.